The number of aromatic nitrogens is 2. The highest BCUT2D eigenvalue weighted by atomic mass is 32.2. The van der Waals surface area contributed by atoms with E-state index in [1.165, 1.54) is 16.9 Å². The van der Waals surface area contributed by atoms with Crippen molar-refractivity contribution in [3.05, 3.63) is 88.3 Å². The lowest BCUT2D eigenvalue weighted by molar-refractivity contribution is 0.560. The van der Waals surface area contributed by atoms with Gasteiger partial charge in [0.25, 0.3) is 0 Å². The normalized spacial score (nSPS) is 11.2. The molecule has 0 bridgehead atoms. The molecule has 0 radical (unpaired) electrons. The Hall–Kier alpha value is -3.16. The van der Waals surface area contributed by atoms with Crippen LogP contribution < -0.4 is 10.9 Å². The number of nitrogens with zero attached hydrogens (tertiary/aromatic N) is 2. The Morgan fingerprint density at radius 1 is 1.03 bits per heavy atom. The highest BCUT2D eigenvalue weighted by molar-refractivity contribution is 8.00. The van der Waals surface area contributed by atoms with Crippen molar-refractivity contribution in [2.75, 3.05) is 5.32 Å². The molecule has 5 aromatic rings. The van der Waals surface area contributed by atoms with Crippen molar-refractivity contribution in [3.8, 4) is 0 Å². The molecule has 0 unspecified atom stereocenters. The molecule has 1 N–H and O–H groups in total. The van der Waals surface area contributed by atoms with Gasteiger partial charge in [0, 0.05) is 22.9 Å². The Bertz CT molecular complexity index is 1430. The van der Waals surface area contributed by atoms with Crippen LogP contribution in [0.15, 0.2) is 80.3 Å². The third-order valence-electron chi connectivity index (χ3n) is 4.74. The number of aryl methyl sites for hydroxylation is 1. The summed E-state index contributed by atoms with van der Waals surface area (Å²) in [6.45, 7) is 2.05. The number of benzene rings is 3. The average molecular weight is 432 g/mol. The van der Waals surface area contributed by atoms with Crippen molar-refractivity contribution in [1.29, 1.82) is 0 Å². The zero-order chi connectivity index (χ0) is 20.5. The average Bonchev–Trinajstić information content (AvgIpc) is 3.19. The number of nitrogens with one attached hydrogen (secondary N) is 1. The predicted molar refractivity (Wildman–Crippen MR) is 124 cm³/mol. The molecule has 148 valence electrons. The summed E-state index contributed by atoms with van der Waals surface area (Å²) in [5.41, 5.74) is 3.37. The summed E-state index contributed by atoms with van der Waals surface area (Å²) >= 11 is 3.06. The molecule has 0 aliphatic carbocycles. The fourth-order valence-corrected chi connectivity index (χ4v) is 5.19. The number of rotatable bonds is 5. The van der Waals surface area contributed by atoms with Crippen molar-refractivity contribution in [3.63, 3.8) is 0 Å². The first-order valence-corrected chi connectivity index (χ1v) is 11.2. The smallest absolute Gasteiger partial charge is 0.336 e. The molecule has 0 spiro atoms. The molecule has 3 aromatic carbocycles. The molecular formula is C23H17N3O2S2. The molecule has 7 heteroatoms. The van der Waals surface area contributed by atoms with E-state index < -0.39 is 0 Å². The van der Waals surface area contributed by atoms with Gasteiger partial charge in [-0.25, -0.2) is 4.79 Å². The van der Waals surface area contributed by atoms with Gasteiger partial charge in [0.05, 0.1) is 0 Å². The largest absolute Gasteiger partial charge is 0.423 e. The van der Waals surface area contributed by atoms with Gasteiger partial charge in [0.15, 0.2) is 4.34 Å². The third kappa shape index (κ3) is 3.81. The van der Waals surface area contributed by atoms with Crippen LogP contribution in [0.2, 0.25) is 0 Å². The Morgan fingerprint density at radius 2 is 1.93 bits per heavy atom. The van der Waals surface area contributed by atoms with Crippen LogP contribution in [0.3, 0.4) is 0 Å². The second-order valence-corrected chi connectivity index (χ2v) is 9.11. The summed E-state index contributed by atoms with van der Waals surface area (Å²) in [5.74, 6) is 0.606. The fraction of sp³-hybridized carbons (Fsp3) is 0.0870. The van der Waals surface area contributed by atoms with Gasteiger partial charge in [-0.2, -0.15) is 0 Å². The molecule has 0 amide bonds. The first kappa shape index (κ1) is 18.8. The van der Waals surface area contributed by atoms with E-state index >= 15 is 0 Å². The number of hydrogen-bond donors (Lipinski definition) is 1. The Balaban J connectivity index is 1.42. The minimum Gasteiger partial charge on any atom is -0.423 e. The van der Waals surface area contributed by atoms with Crippen LogP contribution in [0, 0.1) is 6.92 Å². The minimum absolute atomic E-state index is 0.340. The lowest BCUT2D eigenvalue weighted by Gasteiger charge is -2.07. The lowest BCUT2D eigenvalue weighted by Crippen LogP contribution is -2.00. The van der Waals surface area contributed by atoms with E-state index in [4.69, 9.17) is 4.42 Å². The topological polar surface area (TPSA) is 68.0 Å². The molecule has 2 aromatic heterocycles. The molecule has 5 nitrogen and oxygen atoms in total. The van der Waals surface area contributed by atoms with E-state index in [1.54, 1.807) is 17.8 Å². The molecule has 30 heavy (non-hydrogen) atoms. The standard InChI is InChI=1S/C23H17N3O2S2/c1-14-5-4-7-17(11-14)24-22-25-26-23(30-22)29-13-16-12-20(27)28-19-10-9-15-6-2-3-8-18(15)21(16)19/h2-12H,13H2,1H3,(H,24,25). The highest BCUT2D eigenvalue weighted by Gasteiger charge is 2.12. The second kappa shape index (κ2) is 7.93. The summed E-state index contributed by atoms with van der Waals surface area (Å²) in [6, 6.07) is 21.7. The van der Waals surface area contributed by atoms with Gasteiger partial charge < -0.3 is 9.73 Å². The van der Waals surface area contributed by atoms with E-state index in [0.29, 0.717) is 11.3 Å². The molecule has 2 heterocycles. The third-order valence-corrected chi connectivity index (χ3v) is 6.76. The summed E-state index contributed by atoms with van der Waals surface area (Å²) in [5, 5.41) is 15.7. The minimum atomic E-state index is -0.340. The zero-order valence-corrected chi connectivity index (χ0v) is 17.7. The van der Waals surface area contributed by atoms with Gasteiger partial charge in [-0.3, -0.25) is 0 Å². The molecule has 0 saturated carbocycles. The van der Waals surface area contributed by atoms with Crippen LogP contribution in [0.4, 0.5) is 10.8 Å². The van der Waals surface area contributed by atoms with Gasteiger partial charge >= 0.3 is 5.63 Å². The highest BCUT2D eigenvalue weighted by Crippen LogP contribution is 2.34. The van der Waals surface area contributed by atoms with Crippen LogP contribution in [0.1, 0.15) is 11.1 Å². The van der Waals surface area contributed by atoms with Gasteiger partial charge in [-0.05, 0) is 47.0 Å². The van der Waals surface area contributed by atoms with Gasteiger partial charge in [-0.1, -0.05) is 65.6 Å². The zero-order valence-electron chi connectivity index (χ0n) is 16.1. The molecule has 0 saturated heterocycles. The van der Waals surface area contributed by atoms with E-state index in [1.807, 2.05) is 36.4 Å². The van der Waals surface area contributed by atoms with Crippen LogP contribution in [-0.2, 0) is 5.75 Å². The molecule has 0 fully saturated rings. The number of anilines is 2. The number of thioether (sulfide) groups is 1. The van der Waals surface area contributed by atoms with Crippen molar-refractivity contribution < 1.29 is 4.42 Å². The Morgan fingerprint density at radius 3 is 2.83 bits per heavy atom. The maximum Gasteiger partial charge on any atom is 0.336 e. The van der Waals surface area contributed by atoms with E-state index in [0.717, 1.165) is 36.9 Å². The van der Waals surface area contributed by atoms with Gasteiger partial charge in [0.2, 0.25) is 5.13 Å². The first-order chi connectivity index (χ1) is 14.7. The van der Waals surface area contributed by atoms with Crippen LogP contribution >= 0.6 is 23.1 Å². The van der Waals surface area contributed by atoms with E-state index in [2.05, 4.69) is 46.7 Å². The molecular weight excluding hydrogens is 414 g/mol. The summed E-state index contributed by atoms with van der Waals surface area (Å²) < 4.78 is 6.28. The first-order valence-electron chi connectivity index (χ1n) is 9.40. The lowest BCUT2D eigenvalue weighted by atomic mass is 10.0. The summed E-state index contributed by atoms with van der Waals surface area (Å²) in [7, 11) is 0. The quantitative estimate of drug-likeness (QED) is 0.205. The number of fused-ring (bicyclic) bond motifs is 3. The molecule has 0 atom stereocenters. The summed E-state index contributed by atoms with van der Waals surface area (Å²) in [6.07, 6.45) is 0. The van der Waals surface area contributed by atoms with Crippen molar-refractivity contribution >= 4 is 55.7 Å². The molecule has 0 aliphatic rings. The van der Waals surface area contributed by atoms with Crippen LogP contribution in [-0.4, -0.2) is 10.2 Å². The monoisotopic (exact) mass is 431 g/mol. The molecule has 5 rings (SSSR count). The van der Waals surface area contributed by atoms with E-state index in [9.17, 15) is 4.79 Å². The van der Waals surface area contributed by atoms with Crippen molar-refractivity contribution in [1.82, 2.24) is 10.2 Å². The SMILES string of the molecule is Cc1cccc(Nc2nnc(SCc3cc(=O)oc4ccc5ccccc5c34)s2)c1. The second-order valence-electron chi connectivity index (χ2n) is 6.91. The van der Waals surface area contributed by atoms with Gasteiger partial charge in [-0.15, -0.1) is 10.2 Å². The fourth-order valence-electron chi connectivity index (χ4n) is 3.44. The van der Waals surface area contributed by atoms with Crippen LogP contribution in [0.25, 0.3) is 21.7 Å². The van der Waals surface area contributed by atoms with Crippen molar-refractivity contribution in [2.45, 2.75) is 17.0 Å². The Labute approximate surface area is 180 Å². The van der Waals surface area contributed by atoms with E-state index in [-0.39, 0.29) is 5.63 Å². The maximum atomic E-state index is 12.1. The van der Waals surface area contributed by atoms with Gasteiger partial charge in [0.1, 0.15) is 5.58 Å². The molecule has 0 aliphatic heterocycles. The summed E-state index contributed by atoms with van der Waals surface area (Å²) in [4.78, 5) is 12.1. The Kier molecular flexibility index (Phi) is 4.98. The van der Waals surface area contributed by atoms with Crippen molar-refractivity contribution in [2.24, 2.45) is 0 Å². The maximum absolute atomic E-state index is 12.1. The predicted octanol–water partition coefficient (Wildman–Crippen LogP) is 6.14. The number of hydrogen-bond acceptors (Lipinski definition) is 7. The van der Waals surface area contributed by atoms with Crippen LogP contribution in [0.5, 0.6) is 0 Å².